The molecule has 9 atom stereocenters. The second kappa shape index (κ2) is 8.55. The molecule has 0 amide bonds. The van der Waals surface area contributed by atoms with Crippen LogP contribution < -0.4 is 0 Å². The first kappa shape index (κ1) is 25.6. The molecule has 4 saturated carbocycles. The third-order valence-corrected chi connectivity index (χ3v) is 12.9. The average Bonchev–Trinajstić information content (AvgIpc) is 2.98. The summed E-state index contributed by atoms with van der Waals surface area (Å²) in [4.78, 5) is 12.6. The normalized spacial score (nSPS) is 47.5. The fourth-order valence-electron chi connectivity index (χ4n) is 10.9. The van der Waals surface area contributed by atoms with Gasteiger partial charge in [-0.15, -0.1) is 0 Å². The van der Waals surface area contributed by atoms with Gasteiger partial charge in [0.1, 0.15) is 0 Å². The van der Waals surface area contributed by atoms with Crippen LogP contribution in [0.1, 0.15) is 126 Å². The molecule has 0 aromatic rings. The summed E-state index contributed by atoms with van der Waals surface area (Å²) < 4.78 is 0. The molecule has 4 aliphatic carbocycles. The Morgan fingerprint density at radius 3 is 2.12 bits per heavy atom. The van der Waals surface area contributed by atoms with Crippen LogP contribution in [0.4, 0.5) is 0 Å². The fraction of sp³-hybridized carbons (Fsp3) is 0.968. The van der Waals surface area contributed by atoms with E-state index in [0.717, 1.165) is 30.6 Å². The monoisotopic (exact) mass is 458 g/mol. The van der Waals surface area contributed by atoms with Crippen LogP contribution in [0.15, 0.2) is 0 Å². The Morgan fingerprint density at radius 1 is 0.818 bits per heavy atom. The first-order valence-corrected chi connectivity index (χ1v) is 14.5. The van der Waals surface area contributed by atoms with Gasteiger partial charge in [-0.3, -0.25) is 4.79 Å². The van der Waals surface area contributed by atoms with Crippen LogP contribution in [0.25, 0.3) is 0 Å². The van der Waals surface area contributed by atoms with E-state index in [0.29, 0.717) is 28.6 Å². The summed E-state index contributed by atoms with van der Waals surface area (Å²) in [6.45, 7) is 19.9. The van der Waals surface area contributed by atoms with Crippen LogP contribution in [0.5, 0.6) is 0 Å². The standard InChI is InChI=1S/C31H54O2/c1-20(2)10-9-11-21(3)22-15-18-30(7)23-12-13-26-28(4,5)17-14-25(27(32)33)31(26,8)24(23)16-19-29(22,30)6/h20-26H,9-19H2,1-8H3,(H,32,33)/t21-,22-,23?,24?,25?,26+,29-,30+,31+/m1/s1. The minimum absolute atomic E-state index is 0.0399. The molecule has 0 spiro atoms. The lowest BCUT2D eigenvalue weighted by Crippen LogP contribution is -2.63. The van der Waals surface area contributed by atoms with Crippen LogP contribution in [0, 0.1) is 63.1 Å². The number of carbonyl (C=O) groups is 1. The van der Waals surface area contributed by atoms with E-state index in [2.05, 4.69) is 55.4 Å². The average molecular weight is 459 g/mol. The van der Waals surface area contributed by atoms with E-state index in [4.69, 9.17) is 0 Å². The Bertz CT molecular complexity index is 739. The van der Waals surface area contributed by atoms with E-state index >= 15 is 0 Å². The summed E-state index contributed by atoms with van der Waals surface area (Å²) in [6, 6.07) is 0. The maximum atomic E-state index is 12.6. The van der Waals surface area contributed by atoms with Crippen molar-refractivity contribution in [3.05, 3.63) is 0 Å². The summed E-state index contributed by atoms with van der Waals surface area (Å²) in [5.74, 6) is 3.67. The van der Waals surface area contributed by atoms with Crippen molar-refractivity contribution in [2.75, 3.05) is 0 Å². The first-order valence-electron chi connectivity index (χ1n) is 14.5. The van der Waals surface area contributed by atoms with Crippen molar-refractivity contribution in [1.82, 2.24) is 0 Å². The first-order chi connectivity index (χ1) is 15.3. The van der Waals surface area contributed by atoms with E-state index < -0.39 is 5.97 Å². The lowest BCUT2D eigenvalue weighted by molar-refractivity contribution is -0.207. The molecule has 4 rings (SSSR count). The van der Waals surface area contributed by atoms with Gasteiger partial charge in [-0.1, -0.05) is 74.7 Å². The maximum absolute atomic E-state index is 12.6. The molecule has 0 bridgehead atoms. The number of carboxylic acids is 1. The van der Waals surface area contributed by atoms with Gasteiger partial charge < -0.3 is 5.11 Å². The third kappa shape index (κ3) is 3.74. The van der Waals surface area contributed by atoms with Crippen LogP contribution >= 0.6 is 0 Å². The van der Waals surface area contributed by atoms with Crippen LogP contribution in [-0.4, -0.2) is 11.1 Å². The van der Waals surface area contributed by atoms with Crippen LogP contribution in [0.2, 0.25) is 0 Å². The molecule has 0 radical (unpaired) electrons. The minimum Gasteiger partial charge on any atom is -0.481 e. The zero-order valence-electron chi connectivity index (χ0n) is 23.2. The highest BCUT2D eigenvalue weighted by atomic mass is 16.4. The topological polar surface area (TPSA) is 37.3 Å². The Balaban J connectivity index is 1.62. The molecule has 4 fully saturated rings. The van der Waals surface area contributed by atoms with E-state index in [1.54, 1.807) is 0 Å². The summed E-state index contributed by atoms with van der Waals surface area (Å²) >= 11 is 0. The molecule has 0 aromatic heterocycles. The van der Waals surface area contributed by atoms with Gasteiger partial charge in [0.2, 0.25) is 0 Å². The minimum atomic E-state index is -0.514. The fourth-order valence-corrected chi connectivity index (χ4v) is 10.9. The van der Waals surface area contributed by atoms with Gasteiger partial charge in [0.05, 0.1) is 5.92 Å². The lowest BCUT2D eigenvalue weighted by Gasteiger charge is -2.68. The Morgan fingerprint density at radius 2 is 1.48 bits per heavy atom. The molecule has 0 heterocycles. The number of rotatable bonds is 6. The molecule has 0 aromatic carbocycles. The van der Waals surface area contributed by atoms with Gasteiger partial charge in [0.15, 0.2) is 0 Å². The zero-order valence-corrected chi connectivity index (χ0v) is 23.2. The molecular formula is C31H54O2. The summed E-state index contributed by atoms with van der Waals surface area (Å²) in [7, 11) is 0. The molecular weight excluding hydrogens is 404 g/mol. The van der Waals surface area contributed by atoms with E-state index in [9.17, 15) is 9.90 Å². The van der Waals surface area contributed by atoms with Gasteiger partial charge in [-0.2, -0.15) is 0 Å². The predicted molar refractivity (Wildman–Crippen MR) is 138 cm³/mol. The van der Waals surface area contributed by atoms with Crippen LogP contribution in [-0.2, 0) is 4.79 Å². The molecule has 4 aliphatic rings. The van der Waals surface area contributed by atoms with Gasteiger partial charge in [-0.05, 0) is 109 Å². The van der Waals surface area contributed by atoms with Crippen molar-refractivity contribution in [3.8, 4) is 0 Å². The molecule has 0 saturated heterocycles. The summed E-state index contributed by atoms with van der Waals surface area (Å²) in [5, 5.41) is 10.3. The number of hydrogen-bond donors (Lipinski definition) is 1. The SMILES string of the molecule is CC(C)CCC[C@@H](C)[C@H]1CC[C@@]2(C)C3CC[C@H]4C(C)(C)CCC(C(=O)O)[C@]4(C)C3CC[C@]12C. The summed E-state index contributed by atoms with van der Waals surface area (Å²) in [5.41, 5.74) is 1.04. The van der Waals surface area contributed by atoms with Gasteiger partial charge in [0, 0.05) is 0 Å². The second-order valence-electron chi connectivity index (χ2n) is 14.9. The largest absolute Gasteiger partial charge is 0.481 e. The quantitative estimate of drug-likeness (QED) is 0.431. The number of carboxylic acid groups (broad SMARTS) is 1. The van der Waals surface area contributed by atoms with Crippen molar-refractivity contribution >= 4 is 5.97 Å². The Hall–Kier alpha value is -0.530. The molecule has 0 aliphatic heterocycles. The zero-order chi connectivity index (χ0) is 24.4. The van der Waals surface area contributed by atoms with Crippen molar-refractivity contribution in [1.29, 1.82) is 0 Å². The number of fused-ring (bicyclic) bond motifs is 5. The van der Waals surface area contributed by atoms with E-state index in [-0.39, 0.29) is 16.7 Å². The third-order valence-electron chi connectivity index (χ3n) is 12.9. The van der Waals surface area contributed by atoms with Crippen molar-refractivity contribution in [2.45, 2.75) is 126 Å². The maximum Gasteiger partial charge on any atom is 0.307 e. The highest BCUT2D eigenvalue weighted by Gasteiger charge is 2.69. The molecule has 2 nitrogen and oxygen atoms in total. The molecule has 33 heavy (non-hydrogen) atoms. The highest BCUT2D eigenvalue weighted by molar-refractivity contribution is 5.71. The number of aliphatic carboxylic acids is 1. The molecule has 2 heteroatoms. The van der Waals surface area contributed by atoms with Crippen molar-refractivity contribution in [3.63, 3.8) is 0 Å². The van der Waals surface area contributed by atoms with Gasteiger partial charge in [0.25, 0.3) is 0 Å². The predicted octanol–water partition coefficient (Wildman–Crippen LogP) is 8.83. The Labute approximate surface area is 205 Å². The van der Waals surface area contributed by atoms with E-state index in [1.165, 1.54) is 57.8 Å². The van der Waals surface area contributed by atoms with Gasteiger partial charge in [-0.25, -0.2) is 0 Å². The second-order valence-corrected chi connectivity index (χ2v) is 14.9. The summed E-state index contributed by atoms with van der Waals surface area (Å²) in [6.07, 6.45) is 14.0. The van der Waals surface area contributed by atoms with Gasteiger partial charge >= 0.3 is 5.97 Å². The van der Waals surface area contributed by atoms with E-state index in [1.807, 2.05) is 0 Å². The highest BCUT2D eigenvalue weighted by Crippen LogP contribution is 2.75. The molecule has 3 unspecified atom stereocenters. The van der Waals surface area contributed by atoms with Crippen LogP contribution in [0.3, 0.4) is 0 Å². The number of hydrogen-bond acceptors (Lipinski definition) is 1. The Kier molecular flexibility index (Phi) is 6.62. The lowest BCUT2D eigenvalue weighted by atomic mass is 9.36. The van der Waals surface area contributed by atoms with Crippen molar-refractivity contribution in [2.24, 2.45) is 63.1 Å². The molecule has 1 N–H and O–H groups in total. The molecule has 190 valence electrons. The smallest absolute Gasteiger partial charge is 0.307 e. The van der Waals surface area contributed by atoms with Crippen molar-refractivity contribution < 1.29 is 9.90 Å².